The lowest BCUT2D eigenvalue weighted by Crippen LogP contribution is -2.27. The van der Waals surface area contributed by atoms with Crippen molar-refractivity contribution < 1.29 is 19.1 Å². The lowest BCUT2D eigenvalue weighted by atomic mass is 10.0. The summed E-state index contributed by atoms with van der Waals surface area (Å²) in [6.07, 6.45) is 0.741. The van der Waals surface area contributed by atoms with E-state index in [9.17, 15) is 9.59 Å². The van der Waals surface area contributed by atoms with Crippen LogP contribution >= 0.6 is 0 Å². The molecule has 0 aromatic carbocycles. The van der Waals surface area contributed by atoms with Crippen LogP contribution in [-0.4, -0.2) is 25.7 Å². The second-order valence-corrected chi connectivity index (χ2v) is 2.43. The van der Waals surface area contributed by atoms with E-state index in [0.717, 1.165) is 0 Å². The molecule has 11 heavy (non-hydrogen) atoms. The Morgan fingerprint density at radius 2 is 2.45 bits per heavy atom. The Morgan fingerprint density at radius 3 is 3.00 bits per heavy atom. The maximum absolute atomic E-state index is 10.9. The third-order valence-corrected chi connectivity index (χ3v) is 1.68. The fraction of sp³-hybridized carbons (Fsp3) is 0.714. The number of esters is 2. The van der Waals surface area contributed by atoms with E-state index in [-0.39, 0.29) is 24.3 Å². The highest BCUT2D eigenvalue weighted by Crippen LogP contribution is 2.16. The number of hydrogen-bond donors (Lipinski definition) is 0. The van der Waals surface area contributed by atoms with Gasteiger partial charge in [0.05, 0.1) is 26.1 Å². The van der Waals surface area contributed by atoms with E-state index in [1.165, 1.54) is 7.11 Å². The minimum atomic E-state index is -0.318. The van der Waals surface area contributed by atoms with Gasteiger partial charge in [-0.25, -0.2) is 0 Å². The Hall–Kier alpha value is -1.06. The summed E-state index contributed by atoms with van der Waals surface area (Å²) < 4.78 is 9.15. The Morgan fingerprint density at radius 1 is 1.73 bits per heavy atom. The number of rotatable bonds is 1. The normalized spacial score (nSPS) is 24.1. The quantitative estimate of drug-likeness (QED) is 0.508. The summed E-state index contributed by atoms with van der Waals surface area (Å²) in [6, 6.07) is 0. The van der Waals surface area contributed by atoms with E-state index in [1.54, 1.807) is 0 Å². The van der Waals surface area contributed by atoms with Gasteiger partial charge in [0.15, 0.2) is 0 Å². The maximum Gasteiger partial charge on any atom is 0.309 e. The minimum absolute atomic E-state index is 0.159. The summed E-state index contributed by atoms with van der Waals surface area (Å²) in [5.74, 6) is -0.922. The van der Waals surface area contributed by atoms with Gasteiger partial charge in [0, 0.05) is 0 Å². The van der Waals surface area contributed by atoms with Crippen LogP contribution in [0, 0.1) is 5.92 Å². The van der Waals surface area contributed by atoms with Crippen LogP contribution in [0.1, 0.15) is 12.8 Å². The highest BCUT2D eigenvalue weighted by molar-refractivity contribution is 5.80. The standard InChI is InChI=1S/C7H10O4/c1-10-7(9)5-2-3-11-6(8)4-5/h5H,2-4H2,1H3. The van der Waals surface area contributed by atoms with Crippen molar-refractivity contribution in [3.8, 4) is 0 Å². The van der Waals surface area contributed by atoms with Crippen molar-refractivity contribution in [1.29, 1.82) is 0 Å². The van der Waals surface area contributed by atoms with Gasteiger partial charge in [0.1, 0.15) is 0 Å². The van der Waals surface area contributed by atoms with Gasteiger partial charge in [-0.1, -0.05) is 0 Å². The first-order chi connectivity index (χ1) is 5.24. The number of hydrogen-bond acceptors (Lipinski definition) is 4. The SMILES string of the molecule is COC(=O)C1CCOC(=O)C1. The summed E-state index contributed by atoms with van der Waals surface area (Å²) in [5, 5.41) is 0. The third kappa shape index (κ3) is 1.93. The number of carbonyl (C=O) groups is 2. The predicted octanol–water partition coefficient (Wildman–Crippen LogP) is 0.113. The fourth-order valence-electron chi connectivity index (χ4n) is 1.05. The third-order valence-electron chi connectivity index (χ3n) is 1.68. The van der Waals surface area contributed by atoms with Gasteiger partial charge in [-0.2, -0.15) is 0 Å². The molecule has 0 N–H and O–H groups in total. The fourth-order valence-corrected chi connectivity index (χ4v) is 1.05. The van der Waals surface area contributed by atoms with Gasteiger partial charge in [-0.05, 0) is 6.42 Å². The Kier molecular flexibility index (Phi) is 2.46. The van der Waals surface area contributed by atoms with Crippen molar-refractivity contribution in [3.63, 3.8) is 0 Å². The highest BCUT2D eigenvalue weighted by atomic mass is 16.5. The van der Waals surface area contributed by atoms with Crippen molar-refractivity contribution in [2.45, 2.75) is 12.8 Å². The Balaban J connectivity index is 2.45. The minimum Gasteiger partial charge on any atom is -0.469 e. The highest BCUT2D eigenvalue weighted by Gasteiger charge is 2.27. The van der Waals surface area contributed by atoms with Crippen molar-refractivity contribution in [1.82, 2.24) is 0 Å². The molecule has 1 aliphatic heterocycles. The topological polar surface area (TPSA) is 52.6 Å². The molecule has 1 aliphatic rings. The van der Waals surface area contributed by atoms with Crippen LogP contribution in [0.25, 0.3) is 0 Å². The first-order valence-electron chi connectivity index (χ1n) is 3.47. The van der Waals surface area contributed by atoms with Gasteiger partial charge in [-0.3, -0.25) is 9.59 Å². The van der Waals surface area contributed by atoms with E-state index < -0.39 is 0 Å². The second kappa shape index (κ2) is 3.37. The zero-order valence-corrected chi connectivity index (χ0v) is 6.33. The summed E-state index contributed by atoms with van der Waals surface area (Å²) in [5.41, 5.74) is 0. The van der Waals surface area contributed by atoms with E-state index in [4.69, 9.17) is 0 Å². The van der Waals surface area contributed by atoms with Gasteiger partial charge < -0.3 is 9.47 Å². The molecule has 4 nitrogen and oxygen atoms in total. The average molecular weight is 158 g/mol. The van der Waals surface area contributed by atoms with Crippen LogP contribution in [0.5, 0.6) is 0 Å². The lowest BCUT2D eigenvalue weighted by molar-refractivity contribution is -0.159. The van der Waals surface area contributed by atoms with Crippen molar-refractivity contribution in [2.75, 3.05) is 13.7 Å². The van der Waals surface area contributed by atoms with Crippen LogP contribution in [0.3, 0.4) is 0 Å². The van der Waals surface area contributed by atoms with Gasteiger partial charge in [0.2, 0.25) is 0 Å². The molecule has 0 aromatic rings. The maximum atomic E-state index is 10.9. The number of carbonyl (C=O) groups excluding carboxylic acids is 2. The van der Waals surface area contributed by atoms with Crippen molar-refractivity contribution in [2.24, 2.45) is 5.92 Å². The molecule has 1 atom stereocenters. The van der Waals surface area contributed by atoms with Gasteiger partial charge in [-0.15, -0.1) is 0 Å². The molecular formula is C7H10O4. The van der Waals surface area contributed by atoms with Crippen molar-refractivity contribution in [3.05, 3.63) is 0 Å². The van der Waals surface area contributed by atoms with E-state index in [1.807, 2.05) is 0 Å². The molecule has 0 saturated carbocycles. The summed E-state index contributed by atoms with van der Waals surface area (Å²) in [4.78, 5) is 21.5. The Bertz CT molecular complexity index is 175. The number of ether oxygens (including phenoxy) is 2. The van der Waals surface area contributed by atoms with Crippen LogP contribution < -0.4 is 0 Å². The zero-order chi connectivity index (χ0) is 8.27. The second-order valence-electron chi connectivity index (χ2n) is 2.43. The molecule has 0 bridgehead atoms. The molecule has 4 heteroatoms. The summed E-state index contributed by atoms with van der Waals surface area (Å²) in [7, 11) is 1.32. The van der Waals surface area contributed by atoms with E-state index >= 15 is 0 Å². The first kappa shape index (κ1) is 8.04. The summed E-state index contributed by atoms with van der Waals surface area (Å²) in [6.45, 7) is 0.332. The molecule has 0 amide bonds. The van der Waals surface area contributed by atoms with E-state index in [2.05, 4.69) is 9.47 Å². The smallest absolute Gasteiger partial charge is 0.309 e. The average Bonchev–Trinajstić information content (AvgIpc) is 2.03. The number of methoxy groups -OCH3 is 1. The molecule has 1 unspecified atom stereocenters. The Labute approximate surface area is 64.5 Å². The molecule has 1 saturated heterocycles. The molecule has 1 heterocycles. The lowest BCUT2D eigenvalue weighted by Gasteiger charge is -2.18. The molecule has 1 rings (SSSR count). The van der Waals surface area contributed by atoms with Crippen molar-refractivity contribution >= 4 is 11.9 Å². The van der Waals surface area contributed by atoms with Gasteiger partial charge in [0.25, 0.3) is 0 Å². The molecule has 0 radical (unpaired) electrons. The van der Waals surface area contributed by atoms with Crippen LogP contribution in [0.4, 0.5) is 0 Å². The molecule has 62 valence electrons. The number of cyclic esters (lactones) is 1. The molecule has 1 fully saturated rings. The van der Waals surface area contributed by atoms with Gasteiger partial charge >= 0.3 is 11.9 Å². The molecule has 0 spiro atoms. The van der Waals surface area contributed by atoms with Crippen LogP contribution in [0.15, 0.2) is 0 Å². The predicted molar refractivity (Wildman–Crippen MR) is 35.7 cm³/mol. The summed E-state index contributed by atoms with van der Waals surface area (Å²) >= 11 is 0. The zero-order valence-electron chi connectivity index (χ0n) is 6.33. The van der Waals surface area contributed by atoms with E-state index in [0.29, 0.717) is 13.0 Å². The first-order valence-corrected chi connectivity index (χ1v) is 3.47. The molecule has 0 aromatic heterocycles. The van der Waals surface area contributed by atoms with Crippen LogP contribution in [-0.2, 0) is 19.1 Å². The molecular weight excluding hydrogens is 148 g/mol. The monoisotopic (exact) mass is 158 g/mol. The molecule has 0 aliphatic carbocycles. The van der Waals surface area contributed by atoms with Crippen LogP contribution in [0.2, 0.25) is 0 Å². The largest absolute Gasteiger partial charge is 0.469 e.